The first-order valence-corrected chi connectivity index (χ1v) is 10.4. The van der Waals surface area contributed by atoms with Crippen LogP contribution in [0.1, 0.15) is 6.92 Å². The van der Waals surface area contributed by atoms with Crippen LogP contribution >= 0.6 is 7.26 Å². The number of benzene rings is 3. The summed E-state index contributed by atoms with van der Waals surface area (Å²) < 4.78 is 0. The molecular formula is C22H22O2P+. The topological polar surface area (TPSA) is 37.3 Å². The quantitative estimate of drug-likeness (QED) is 0.689. The molecule has 0 aliphatic rings. The summed E-state index contributed by atoms with van der Waals surface area (Å²) in [5, 5.41) is 13.3. The van der Waals surface area contributed by atoms with E-state index in [1.54, 1.807) is 0 Å². The first kappa shape index (κ1) is 17.4. The lowest BCUT2D eigenvalue weighted by Crippen LogP contribution is -2.36. The Hall–Kier alpha value is -2.44. The molecule has 3 rings (SSSR count). The lowest BCUT2D eigenvalue weighted by Gasteiger charge is -2.29. The van der Waals surface area contributed by atoms with Crippen LogP contribution in [0.5, 0.6) is 0 Å². The number of carboxylic acids is 1. The summed E-state index contributed by atoms with van der Waals surface area (Å²) in [4.78, 5) is 11.7. The monoisotopic (exact) mass is 349 g/mol. The first-order valence-electron chi connectivity index (χ1n) is 8.42. The Bertz CT molecular complexity index is 720. The van der Waals surface area contributed by atoms with Crippen LogP contribution < -0.4 is 15.9 Å². The maximum atomic E-state index is 11.7. The van der Waals surface area contributed by atoms with Crippen molar-refractivity contribution in [1.29, 1.82) is 0 Å². The molecule has 0 bridgehead atoms. The average molecular weight is 349 g/mol. The lowest BCUT2D eigenvalue weighted by atomic mass is 10.2. The predicted octanol–water partition coefficient (Wildman–Crippen LogP) is 3.70. The van der Waals surface area contributed by atoms with Gasteiger partial charge in [0.25, 0.3) is 0 Å². The van der Waals surface area contributed by atoms with E-state index in [1.165, 1.54) is 15.9 Å². The highest BCUT2D eigenvalue weighted by molar-refractivity contribution is 7.95. The summed E-state index contributed by atoms with van der Waals surface area (Å²) in [6.07, 6.45) is 0.611. The zero-order valence-electron chi connectivity index (χ0n) is 14.2. The van der Waals surface area contributed by atoms with Crippen molar-refractivity contribution in [2.45, 2.75) is 6.92 Å². The molecule has 0 spiro atoms. The summed E-state index contributed by atoms with van der Waals surface area (Å²) in [7, 11) is -2.04. The van der Waals surface area contributed by atoms with Crippen LogP contribution in [0.2, 0.25) is 0 Å². The fourth-order valence-corrected chi connectivity index (χ4v) is 7.85. The standard InChI is InChI=1S/C22H21O2P/c1-18(22(23)24)17-25(19-11-5-2-6-12-19,20-13-7-3-8-14-20)21-15-9-4-10-16-21/h2-16,18H,17H2,1H3/p+1. The second-order valence-corrected chi connectivity index (χ2v) is 9.77. The molecule has 0 aliphatic heterocycles. The van der Waals surface area contributed by atoms with Crippen LogP contribution in [0.15, 0.2) is 91.0 Å². The van der Waals surface area contributed by atoms with Crippen molar-refractivity contribution < 1.29 is 9.90 Å². The summed E-state index contributed by atoms with van der Waals surface area (Å²) in [5.41, 5.74) is 0. The second kappa shape index (κ2) is 7.63. The lowest BCUT2D eigenvalue weighted by molar-refractivity contribution is -0.140. The number of aliphatic carboxylic acids is 1. The van der Waals surface area contributed by atoms with E-state index in [0.29, 0.717) is 6.16 Å². The Morgan fingerprint density at radius 1 is 0.760 bits per heavy atom. The van der Waals surface area contributed by atoms with Gasteiger partial charge in [0.1, 0.15) is 23.2 Å². The van der Waals surface area contributed by atoms with Gasteiger partial charge in [-0.1, -0.05) is 54.6 Å². The molecule has 0 heterocycles. The molecule has 1 unspecified atom stereocenters. The van der Waals surface area contributed by atoms with Gasteiger partial charge in [0, 0.05) is 0 Å². The third-order valence-corrected chi connectivity index (χ3v) is 9.19. The largest absolute Gasteiger partial charge is 0.481 e. The SMILES string of the molecule is CC(C[P+](c1ccccc1)(c1ccccc1)c1ccccc1)C(=O)O. The van der Waals surface area contributed by atoms with Crippen LogP contribution in [0, 0.1) is 5.92 Å². The minimum atomic E-state index is -2.04. The van der Waals surface area contributed by atoms with Crippen LogP contribution in [-0.4, -0.2) is 17.2 Å². The van der Waals surface area contributed by atoms with Gasteiger partial charge in [-0.15, -0.1) is 0 Å². The summed E-state index contributed by atoms with van der Waals surface area (Å²) in [6, 6.07) is 31.1. The molecule has 2 nitrogen and oxygen atoms in total. The van der Waals surface area contributed by atoms with Gasteiger partial charge in [-0.2, -0.15) is 0 Å². The Labute approximate surface area is 149 Å². The van der Waals surface area contributed by atoms with E-state index in [4.69, 9.17) is 0 Å². The highest BCUT2D eigenvalue weighted by Gasteiger charge is 2.47. The van der Waals surface area contributed by atoms with Gasteiger partial charge in [0.05, 0.1) is 12.1 Å². The molecule has 0 aromatic heterocycles. The van der Waals surface area contributed by atoms with Crippen molar-refractivity contribution >= 4 is 29.1 Å². The van der Waals surface area contributed by atoms with Gasteiger partial charge in [-0.05, 0) is 43.3 Å². The number of hydrogen-bond acceptors (Lipinski definition) is 1. The molecule has 1 N–H and O–H groups in total. The van der Waals surface area contributed by atoms with Crippen molar-refractivity contribution in [2.24, 2.45) is 5.92 Å². The van der Waals surface area contributed by atoms with E-state index < -0.39 is 19.1 Å². The second-order valence-electron chi connectivity index (χ2n) is 6.24. The molecule has 3 aromatic rings. The van der Waals surface area contributed by atoms with Gasteiger partial charge in [0.2, 0.25) is 0 Å². The van der Waals surface area contributed by atoms with E-state index in [9.17, 15) is 9.90 Å². The average Bonchev–Trinajstić information content (AvgIpc) is 2.68. The molecule has 0 fully saturated rings. The zero-order valence-corrected chi connectivity index (χ0v) is 15.1. The smallest absolute Gasteiger partial charge is 0.309 e. The molecule has 0 amide bonds. The predicted molar refractivity (Wildman–Crippen MR) is 107 cm³/mol. The zero-order chi connectivity index (χ0) is 17.7. The molecule has 0 saturated heterocycles. The van der Waals surface area contributed by atoms with Crippen LogP contribution in [0.4, 0.5) is 0 Å². The van der Waals surface area contributed by atoms with Crippen LogP contribution in [0.25, 0.3) is 0 Å². The van der Waals surface area contributed by atoms with Gasteiger partial charge in [0.15, 0.2) is 0 Å². The van der Waals surface area contributed by atoms with Crippen molar-refractivity contribution in [3.63, 3.8) is 0 Å². The number of carboxylic acid groups (broad SMARTS) is 1. The molecule has 126 valence electrons. The molecule has 25 heavy (non-hydrogen) atoms. The van der Waals surface area contributed by atoms with Gasteiger partial charge < -0.3 is 5.11 Å². The Morgan fingerprint density at radius 2 is 1.08 bits per heavy atom. The number of carbonyl (C=O) groups is 1. The molecular weight excluding hydrogens is 327 g/mol. The maximum Gasteiger partial charge on any atom is 0.309 e. The molecule has 3 heteroatoms. The van der Waals surface area contributed by atoms with E-state index in [1.807, 2.05) is 61.5 Å². The molecule has 3 aromatic carbocycles. The van der Waals surface area contributed by atoms with Crippen LogP contribution in [-0.2, 0) is 4.79 Å². The van der Waals surface area contributed by atoms with E-state index >= 15 is 0 Å². The molecule has 0 aliphatic carbocycles. The Kier molecular flexibility index (Phi) is 5.31. The Balaban J connectivity index is 2.29. The van der Waals surface area contributed by atoms with Crippen molar-refractivity contribution in [3.05, 3.63) is 91.0 Å². The van der Waals surface area contributed by atoms with Gasteiger partial charge in [-0.25, -0.2) is 0 Å². The summed E-state index contributed by atoms with van der Waals surface area (Å²) in [5.74, 6) is -1.17. The molecule has 0 saturated carbocycles. The third kappa shape index (κ3) is 3.50. The van der Waals surface area contributed by atoms with E-state index in [-0.39, 0.29) is 0 Å². The Morgan fingerprint density at radius 3 is 1.36 bits per heavy atom. The van der Waals surface area contributed by atoms with Crippen molar-refractivity contribution in [1.82, 2.24) is 0 Å². The molecule has 1 atom stereocenters. The van der Waals surface area contributed by atoms with Crippen molar-refractivity contribution in [2.75, 3.05) is 6.16 Å². The van der Waals surface area contributed by atoms with E-state index in [0.717, 1.165) is 0 Å². The maximum absolute atomic E-state index is 11.7. The first-order chi connectivity index (χ1) is 12.1. The fraction of sp³-hybridized carbons (Fsp3) is 0.136. The summed E-state index contributed by atoms with van der Waals surface area (Å²) >= 11 is 0. The van der Waals surface area contributed by atoms with Gasteiger partial charge in [-0.3, -0.25) is 4.79 Å². The fourth-order valence-electron chi connectivity index (χ4n) is 3.30. The highest BCUT2D eigenvalue weighted by atomic mass is 31.2. The summed E-state index contributed by atoms with van der Waals surface area (Å²) in [6.45, 7) is 1.81. The van der Waals surface area contributed by atoms with Crippen LogP contribution in [0.3, 0.4) is 0 Å². The minimum absolute atomic E-state index is 0.422. The van der Waals surface area contributed by atoms with Crippen molar-refractivity contribution in [3.8, 4) is 0 Å². The van der Waals surface area contributed by atoms with Gasteiger partial charge >= 0.3 is 5.97 Å². The highest BCUT2D eigenvalue weighted by Crippen LogP contribution is 2.56. The minimum Gasteiger partial charge on any atom is -0.481 e. The third-order valence-electron chi connectivity index (χ3n) is 4.56. The number of rotatable bonds is 6. The number of hydrogen-bond donors (Lipinski definition) is 1. The van der Waals surface area contributed by atoms with E-state index in [2.05, 4.69) is 36.4 Å². The normalized spacial score (nSPS) is 12.5. The molecule has 0 radical (unpaired) electrons.